The summed E-state index contributed by atoms with van der Waals surface area (Å²) in [6.07, 6.45) is 3.78. The molecule has 0 aliphatic rings. The van der Waals surface area contributed by atoms with Crippen molar-refractivity contribution in [2.45, 2.75) is 6.92 Å². The minimum Gasteiger partial charge on any atom is -0.350 e. The molecule has 0 unspecified atom stereocenters. The summed E-state index contributed by atoms with van der Waals surface area (Å²) in [5.74, 6) is 0.0722. The normalized spacial score (nSPS) is 10.9. The molecule has 3 nitrogen and oxygen atoms in total. The number of nitrogens with zero attached hydrogens (tertiary/aromatic N) is 2. The van der Waals surface area contributed by atoms with Crippen molar-refractivity contribution in [3.8, 4) is 0 Å². The molecule has 2 aromatic rings. The number of Topliss-reactive ketones (excluding diaryl/α,β-unsaturated/α-hetero) is 1. The van der Waals surface area contributed by atoms with Crippen LogP contribution in [0.25, 0.3) is 0 Å². The highest BCUT2D eigenvalue weighted by Gasteiger charge is 1.97. The van der Waals surface area contributed by atoms with Crippen molar-refractivity contribution in [3.63, 3.8) is 0 Å². The molecule has 3 heteroatoms. The largest absolute Gasteiger partial charge is 0.350 e. The molecule has 0 amide bonds. The lowest BCUT2D eigenvalue weighted by Gasteiger charge is -1.97. The molecule has 2 rings (SSSR count). The van der Waals surface area contributed by atoms with Crippen molar-refractivity contribution in [2.75, 3.05) is 0 Å². The smallest absolute Gasteiger partial charge is 0.159 e. The van der Waals surface area contributed by atoms with Gasteiger partial charge in [0.2, 0.25) is 0 Å². The number of hydrogen-bond donors (Lipinski definition) is 0. The van der Waals surface area contributed by atoms with Gasteiger partial charge in [0.25, 0.3) is 0 Å². The van der Waals surface area contributed by atoms with Crippen molar-refractivity contribution in [3.05, 3.63) is 53.9 Å². The van der Waals surface area contributed by atoms with Crippen LogP contribution >= 0.6 is 0 Å². The monoisotopic (exact) mass is 226 g/mol. The second-order valence-corrected chi connectivity index (χ2v) is 3.91. The number of carbonyl (C=O) groups is 1. The lowest BCUT2D eigenvalue weighted by Crippen LogP contribution is -1.92. The number of ketones is 1. The zero-order chi connectivity index (χ0) is 12.3. The fourth-order valence-electron chi connectivity index (χ4n) is 1.53. The van der Waals surface area contributed by atoms with E-state index in [-0.39, 0.29) is 5.78 Å². The average molecular weight is 226 g/mol. The van der Waals surface area contributed by atoms with E-state index in [0.29, 0.717) is 5.56 Å². The molecule has 0 fully saturated rings. The van der Waals surface area contributed by atoms with Gasteiger partial charge in [-0.15, -0.1) is 0 Å². The zero-order valence-electron chi connectivity index (χ0n) is 9.92. The number of aliphatic imine (C=N–C) groups is 1. The maximum Gasteiger partial charge on any atom is 0.159 e. The van der Waals surface area contributed by atoms with Crippen molar-refractivity contribution in [1.29, 1.82) is 0 Å². The summed E-state index contributed by atoms with van der Waals surface area (Å²) in [6, 6.07) is 11.2. The highest BCUT2D eigenvalue weighted by molar-refractivity contribution is 5.94. The van der Waals surface area contributed by atoms with Crippen LogP contribution in [-0.4, -0.2) is 16.6 Å². The average Bonchev–Trinajstić information content (AvgIpc) is 2.73. The molecule has 0 aliphatic carbocycles. The topological polar surface area (TPSA) is 34.4 Å². The fraction of sp³-hybridized carbons (Fsp3) is 0.143. The number of aryl methyl sites for hydroxylation is 1. The summed E-state index contributed by atoms with van der Waals surface area (Å²) in [5, 5.41) is 0. The molecule has 0 atom stereocenters. The Labute approximate surface area is 100 Å². The Bertz CT molecular complexity index is 550. The van der Waals surface area contributed by atoms with Gasteiger partial charge in [-0.2, -0.15) is 0 Å². The summed E-state index contributed by atoms with van der Waals surface area (Å²) < 4.78 is 1.99. The molecule has 0 bridgehead atoms. The van der Waals surface area contributed by atoms with E-state index in [1.807, 2.05) is 48.3 Å². The van der Waals surface area contributed by atoms with Gasteiger partial charge < -0.3 is 4.57 Å². The van der Waals surface area contributed by atoms with Gasteiger partial charge in [-0.1, -0.05) is 0 Å². The second kappa shape index (κ2) is 4.78. The van der Waals surface area contributed by atoms with Crippen LogP contribution in [0.5, 0.6) is 0 Å². The van der Waals surface area contributed by atoms with Crippen LogP contribution in [0.4, 0.5) is 5.69 Å². The van der Waals surface area contributed by atoms with E-state index >= 15 is 0 Å². The first-order valence-corrected chi connectivity index (χ1v) is 5.43. The Morgan fingerprint density at radius 3 is 2.47 bits per heavy atom. The maximum atomic E-state index is 11.1. The van der Waals surface area contributed by atoms with Gasteiger partial charge in [0.15, 0.2) is 5.78 Å². The quantitative estimate of drug-likeness (QED) is 0.585. The predicted molar refractivity (Wildman–Crippen MR) is 69.1 cm³/mol. The van der Waals surface area contributed by atoms with Gasteiger partial charge in [-0.05, 0) is 43.3 Å². The summed E-state index contributed by atoms with van der Waals surface area (Å²) in [4.78, 5) is 15.5. The predicted octanol–water partition coefficient (Wildman–Crippen LogP) is 2.98. The Balaban J connectivity index is 2.17. The van der Waals surface area contributed by atoms with Crippen LogP contribution in [0, 0.1) is 0 Å². The van der Waals surface area contributed by atoms with Crippen molar-refractivity contribution < 1.29 is 4.79 Å². The van der Waals surface area contributed by atoms with Crippen LogP contribution in [-0.2, 0) is 7.05 Å². The number of aromatic nitrogens is 1. The van der Waals surface area contributed by atoms with Crippen molar-refractivity contribution in [1.82, 2.24) is 4.57 Å². The lowest BCUT2D eigenvalue weighted by molar-refractivity contribution is 0.101. The fourth-order valence-corrected chi connectivity index (χ4v) is 1.53. The van der Waals surface area contributed by atoms with Crippen LogP contribution in [0.3, 0.4) is 0 Å². The Kier molecular flexibility index (Phi) is 3.19. The first-order valence-electron chi connectivity index (χ1n) is 5.43. The molecular weight excluding hydrogens is 212 g/mol. The first-order chi connectivity index (χ1) is 8.16. The van der Waals surface area contributed by atoms with E-state index < -0.39 is 0 Å². The number of hydrogen-bond acceptors (Lipinski definition) is 2. The molecule has 0 radical (unpaired) electrons. The van der Waals surface area contributed by atoms with E-state index in [9.17, 15) is 4.79 Å². The molecule has 0 spiro atoms. The molecule has 1 aromatic carbocycles. The van der Waals surface area contributed by atoms with Crippen LogP contribution in [0.1, 0.15) is 23.0 Å². The Hall–Kier alpha value is -2.16. The Morgan fingerprint density at radius 2 is 1.94 bits per heavy atom. The highest BCUT2D eigenvalue weighted by Crippen LogP contribution is 2.13. The standard InChI is InChI=1S/C14H14N2O/c1-11(17)12-5-7-13(8-6-12)15-10-14-4-3-9-16(14)2/h3-10H,1-2H3. The number of carbonyl (C=O) groups excluding carboxylic acids is 1. The van der Waals surface area contributed by atoms with Gasteiger partial charge in [0.05, 0.1) is 17.6 Å². The molecule has 1 heterocycles. The summed E-state index contributed by atoms with van der Waals surface area (Å²) >= 11 is 0. The van der Waals surface area contributed by atoms with Gasteiger partial charge in [0.1, 0.15) is 0 Å². The van der Waals surface area contributed by atoms with Gasteiger partial charge in [-0.3, -0.25) is 9.79 Å². The molecule has 0 saturated heterocycles. The van der Waals surface area contributed by atoms with Crippen molar-refractivity contribution in [2.24, 2.45) is 12.0 Å². The molecular formula is C14H14N2O. The third kappa shape index (κ3) is 2.69. The second-order valence-electron chi connectivity index (χ2n) is 3.91. The maximum absolute atomic E-state index is 11.1. The minimum absolute atomic E-state index is 0.0722. The number of benzene rings is 1. The molecule has 1 aromatic heterocycles. The van der Waals surface area contributed by atoms with E-state index in [1.54, 1.807) is 19.1 Å². The lowest BCUT2D eigenvalue weighted by atomic mass is 10.1. The van der Waals surface area contributed by atoms with Gasteiger partial charge >= 0.3 is 0 Å². The highest BCUT2D eigenvalue weighted by atomic mass is 16.1. The summed E-state index contributed by atoms with van der Waals surface area (Å²) in [7, 11) is 1.97. The van der Waals surface area contributed by atoms with E-state index in [2.05, 4.69) is 4.99 Å². The van der Waals surface area contributed by atoms with Crippen LogP contribution < -0.4 is 0 Å². The van der Waals surface area contributed by atoms with Gasteiger partial charge in [-0.25, -0.2) is 0 Å². The van der Waals surface area contributed by atoms with Crippen LogP contribution in [0.2, 0.25) is 0 Å². The van der Waals surface area contributed by atoms with E-state index in [4.69, 9.17) is 0 Å². The Morgan fingerprint density at radius 1 is 1.24 bits per heavy atom. The molecule has 0 aliphatic heterocycles. The van der Waals surface area contributed by atoms with Gasteiger partial charge in [0, 0.05) is 18.8 Å². The SMILES string of the molecule is CC(=O)c1ccc(N=Cc2cccn2C)cc1. The van der Waals surface area contributed by atoms with Crippen molar-refractivity contribution >= 4 is 17.7 Å². The van der Waals surface area contributed by atoms with Crippen LogP contribution in [0.15, 0.2) is 47.6 Å². The first kappa shape index (κ1) is 11.3. The van der Waals surface area contributed by atoms with E-state index in [0.717, 1.165) is 11.4 Å². The molecule has 0 saturated carbocycles. The minimum atomic E-state index is 0.0722. The number of rotatable bonds is 3. The van der Waals surface area contributed by atoms with E-state index in [1.165, 1.54) is 0 Å². The third-order valence-electron chi connectivity index (χ3n) is 2.60. The summed E-state index contributed by atoms with van der Waals surface area (Å²) in [6.45, 7) is 1.56. The zero-order valence-corrected chi connectivity index (χ0v) is 9.92. The molecule has 17 heavy (non-hydrogen) atoms. The summed E-state index contributed by atoms with van der Waals surface area (Å²) in [5.41, 5.74) is 2.60. The molecule has 86 valence electrons. The third-order valence-corrected chi connectivity index (χ3v) is 2.60. The molecule has 0 N–H and O–H groups in total.